The van der Waals surface area contributed by atoms with Crippen LogP contribution in [0.2, 0.25) is 0 Å². The van der Waals surface area contributed by atoms with Crippen molar-refractivity contribution in [2.45, 2.75) is 39.5 Å². The minimum Gasteiger partial charge on any atom is -0.370 e. The van der Waals surface area contributed by atoms with Crippen molar-refractivity contribution in [3.63, 3.8) is 0 Å². The number of aromatic amines is 2. The summed E-state index contributed by atoms with van der Waals surface area (Å²) < 4.78 is 0. The number of H-pyrrole nitrogens is 2. The Labute approximate surface area is 211 Å². The van der Waals surface area contributed by atoms with Crippen LogP contribution in [0.4, 0.5) is 5.69 Å². The number of hydrogen-bond donors (Lipinski definition) is 3. The second-order valence-electron chi connectivity index (χ2n) is 9.13. The maximum absolute atomic E-state index is 5.01. The first kappa shape index (κ1) is 23.5. The average Bonchev–Trinajstić information content (AvgIpc) is 3.50. The van der Waals surface area contributed by atoms with Crippen LogP contribution in [-0.2, 0) is 0 Å². The first-order valence-corrected chi connectivity index (χ1v) is 12.5. The Morgan fingerprint density at radius 2 is 2.00 bits per heavy atom. The highest BCUT2D eigenvalue weighted by Crippen LogP contribution is 2.31. The van der Waals surface area contributed by atoms with Crippen LogP contribution in [0, 0.1) is 6.92 Å². The van der Waals surface area contributed by atoms with Gasteiger partial charge in [0.2, 0.25) is 0 Å². The van der Waals surface area contributed by atoms with Crippen molar-refractivity contribution < 1.29 is 0 Å². The SMILES string of the molecule is C=C/C=C(\c1nc(-c2n[nH]c3cnc(-c4cncc(NC(=C)CC)c4)cc23)[nH]c1C)N1CCCCC1. The van der Waals surface area contributed by atoms with E-state index in [9.17, 15) is 0 Å². The number of hydrogen-bond acceptors (Lipinski definition) is 6. The number of anilines is 1. The van der Waals surface area contributed by atoms with E-state index in [4.69, 9.17) is 4.98 Å². The largest absolute Gasteiger partial charge is 0.370 e. The summed E-state index contributed by atoms with van der Waals surface area (Å²) in [5, 5.41) is 11.9. The van der Waals surface area contributed by atoms with Crippen LogP contribution in [0.5, 0.6) is 0 Å². The quantitative estimate of drug-likeness (QED) is 0.265. The molecule has 4 aromatic rings. The molecule has 0 aliphatic carbocycles. The predicted molar refractivity (Wildman–Crippen MR) is 146 cm³/mol. The topological polar surface area (TPSA) is 98.4 Å². The minimum atomic E-state index is 0.727. The molecule has 8 nitrogen and oxygen atoms in total. The normalized spacial score (nSPS) is 14.3. The highest BCUT2D eigenvalue weighted by molar-refractivity contribution is 5.93. The Bertz CT molecular complexity index is 1440. The third kappa shape index (κ3) is 4.66. The fraction of sp³-hybridized carbons (Fsp3) is 0.286. The van der Waals surface area contributed by atoms with E-state index in [0.29, 0.717) is 0 Å². The maximum Gasteiger partial charge on any atom is 0.159 e. The van der Waals surface area contributed by atoms with E-state index < -0.39 is 0 Å². The molecule has 0 atom stereocenters. The molecule has 8 heteroatoms. The number of aromatic nitrogens is 6. The Kier molecular flexibility index (Phi) is 6.66. The fourth-order valence-corrected chi connectivity index (χ4v) is 4.60. The second kappa shape index (κ2) is 10.2. The molecule has 0 amide bonds. The van der Waals surface area contributed by atoms with Gasteiger partial charge >= 0.3 is 0 Å². The van der Waals surface area contributed by atoms with E-state index in [-0.39, 0.29) is 0 Å². The lowest BCUT2D eigenvalue weighted by Gasteiger charge is -2.30. The van der Waals surface area contributed by atoms with E-state index >= 15 is 0 Å². The number of nitrogens with one attached hydrogen (secondary N) is 3. The number of allylic oxidation sites excluding steroid dienone is 3. The van der Waals surface area contributed by atoms with E-state index in [0.717, 1.165) is 81.7 Å². The molecular formula is C28H32N8. The molecule has 3 N–H and O–H groups in total. The van der Waals surface area contributed by atoms with E-state index in [1.165, 1.54) is 19.3 Å². The van der Waals surface area contributed by atoms with Crippen molar-refractivity contribution in [1.29, 1.82) is 0 Å². The molecule has 0 radical (unpaired) electrons. The first-order valence-electron chi connectivity index (χ1n) is 12.5. The standard InChI is InChI=1S/C28H32N8/c1-5-10-25(36-11-8-7-9-12-36)26-19(4)32-28(33-26)27-22-14-23(30-17-24(22)34-35-27)20-13-21(16-29-15-20)31-18(3)6-2/h5,10,13-17,31H,1,3,6-9,11-12H2,2,4H3,(H,32,33)(H,34,35)/b25-10+. The van der Waals surface area contributed by atoms with Gasteiger partial charge in [0.25, 0.3) is 0 Å². The third-order valence-corrected chi connectivity index (χ3v) is 6.55. The van der Waals surface area contributed by atoms with Crippen molar-refractivity contribution >= 4 is 22.3 Å². The van der Waals surface area contributed by atoms with Gasteiger partial charge in [-0.15, -0.1) is 0 Å². The summed E-state index contributed by atoms with van der Waals surface area (Å²) in [5.41, 5.74) is 8.22. The van der Waals surface area contributed by atoms with Gasteiger partial charge in [-0.2, -0.15) is 5.10 Å². The van der Waals surface area contributed by atoms with Gasteiger partial charge in [0.05, 0.1) is 35.0 Å². The van der Waals surface area contributed by atoms with Gasteiger partial charge in [-0.3, -0.25) is 15.1 Å². The molecule has 36 heavy (non-hydrogen) atoms. The lowest BCUT2D eigenvalue weighted by molar-refractivity contribution is 0.325. The molecular weight excluding hydrogens is 448 g/mol. The second-order valence-corrected chi connectivity index (χ2v) is 9.13. The number of piperidine rings is 1. The summed E-state index contributed by atoms with van der Waals surface area (Å²) in [4.78, 5) is 19.9. The molecule has 5 heterocycles. The van der Waals surface area contributed by atoms with Crippen molar-refractivity contribution in [2.75, 3.05) is 18.4 Å². The smallest absolute Gasteiger partial charge is 0.159 e. The molecule has 0 unspecified atom stereocenters. The van der Waals surface area contributed by atoms with Crippen LogP contribution in [0.1, 0.15) is 44.0 Å². The zero-order valence-corrected chi connectivity index (χ0v) is 20.9. The van der Waals surface area contributed by atoms with Crippen molar-refractivity contribution in [3.05, 3.63) is 73.1 Å². The zero-order chi connectivity index (χ0) is 25.1. The van der Waals surface area contributed by atoms with Gasteiger partial charge in [0.15, 0.2) is 5.82 Å². The number of aryl methyl sites for hydroxylation is 1. The van der Waals surface area contributed by atoms with Gasteiger partial charge in [-0.25, -0.2) is 4.98 Å². The van der Waals surface area contributed by atoms with E-state index in [1.807, 2.05) is 24.4 Å². The molecule has 0 saturated carbocycles. The summed E-state index contributed by atoms with van der Waals surface area (Å²) >= 11 is 0. The van der Waals surface area contributed by atoms with Crippen LogP contribution < -0.4 is 5.32 Å². The van der Waals surface area contributed by atoms with E-state index in [1.54, 1.807) is 12.4 Å². The van der Waals surface area contributed by atoms with Crippen LogP contribution in [0.25, 0.3) is 39.4 Å². The Morgan fingerprint density at radius 1 is 1.17 bits per heavy atom. The molecule has 1 aliphatic heterocycles. The lowest BCUT2D eigenvalue weighted by Crippen LogP contribution is -2.28. The highest BCUT2D eigenvalue weighted by Gasteiger charge is 2.21. The Morgan fingerprint density at radius 3 is 2.78 bits per heavy atom. The number of likely N-dealkylation sites (tertiary alicyclic amines) is 1. The zero-order valence-electron chi connectivity index (χ0n) is 20.9. The monoisotopic (exact) mass is 480 g/mol. The fourth-order valence-electron chi connectivity index (χ4n) is 4.60. The summed E-state index contributed by atoms with van der Waals surface area (Å²) in [6.45, 7) is 14.2. The average molecular weight is 481 g/mol. The van der Waals surface area contributed by atoms with Crippen LogP contribution in [0.3, 0.4) is 0 Å². The van der Waals surface area contributed by atoms with Gasteiger partial charge in [-0.05, 0) is 50.8 Å². The molecule has 0 spiro atoms. The Balaban J connectivity index is 1.51. The van der Waals surface area contributed by atoms with Crippen molar-refractivity contribution in [3.8, 4) is 22.8 Å². The third-order valence-electron chi connectivity index (χ3n) is 6.55. The Hall–Kier alpha value is -4.20. The van der Waals surface area contributed by atoms with Gasteiger partial charge in [0, 0.05) is 41.6 Å². The number of rotatable bonds is 8. The van der Waals surface area contributed by atoms with Crippen molar-refractivity contribution in [1.82, 2.24) is 35.0 Å². The van der Waals surface area contributed by atoms with Crippen LogP contribution in [-0.4, -0.2) is 48.1 Å². The molecule has 1 saturated heterocycles. The molecule has 1 aliphatic rings. The molecule has 5 rings (SSSR count). The maximum atomic E-state index is 5.01. The van der Waals surface area contributed by atoms with Gasteiger partial charge < -0.3 is 15.2 Å². The molecule has 184 valence electrons. The highest BCUT2D eigenvalue weighted by atomic mass is 15.2. The number of imidazole rings is 1. The summed E-state index contributed by atoms with van der Waals surface area (Å²) in [6, 6.07) is 4.06. The molecule has 1 fully saturated rings. The molecule has 4 aromatic heterocycles. The summed E-state index contributed by atoms with van der Waals surface area (Å²) in [6.07, 6.45) is 13.8. The summed E-state index contributed by atoms with van der Waals surface area (Å²) in [5.74, 6) is 0.727. The number of fused-ring (bicyclic) bond motifs is 1. The molecule has 0 bridgehead atoms. The van der Waals surface area contributed by atoms with Crippen LogP contribution >= 0.6 is 0 Å². The van der Waals surface area contributed by atoms with E-state index in [2.05, 4.69) is 68.4 Å². The van der Waals surface area contributed by atoms with Gasteiger partial charge in [0.1, 0.15) is 11.4 Å². The van der Waals surface area contributed by atoms with Crippen molar-refractivity contribution in [2.24, 2.45) is 0 Å². The number of pyridine rings is 2. The summed E-state index contributed by atoms with van der Waals surface area (Å²) in [7, 11) is 0. The van der Waals surface area contributed by atoms with Crippen LogP contribution in [0.15, 0.2) is 61.7 Å². The lowest BCUT2D eigenvalue weighted by atomic mass is 10.1. The molecule has 0 aromatic carbocycles. The number of nitrogens with zero attached hydrogens (tertiary/aromatic N) is 5. The predicted octanol–water partition coefficient (Wildman–Crippen LogP) is 6.07. The van der Waals surface area contributed by atoms with Gasteiger partial charge in [-0.1, -0.05) is 26.2 Å². The first-order chi connectivity index (χ1) is 17.6. The minimum absolute atomic E-state index is 0.727.